The van der Waals surface area contributed by atoms with Crippen molar-refractivity contribution in [2.45, 2.75) is 44.6 Å². The number of halogens is 2. The SMILES string of the molecule is CC(C)(C)OC(=O)N1CC2CN(c3ncc(C4CC4(F)F)cn3)CC2C1. The maximum atomic E-state index is 13.1. The molecule has 2 saturated heterocycles. The summed E-state index contributed by atoms with van der Waals surface area (Å²) in [5.74, 6) is -2.02. The molecule has 2 aliphatic heterocycles. The van der Waals surface area contributed by atoms with Gasteiger partial charge in [0.1, 0.15) is 5.60 Å². The fourth-order valence-electron chi connectivity index (χ4n) is 3.88. The molecule has 1 aliphatic carbocycles. The number of anilines is 1. The highest BCUT2D eigenvalue weighted by Crippen LogP contribution is 2.55. The van der Waals surface area contributed by atoms with Gasteiger partial charge in [-0.2, -0.15) is 0 Å². The Morgan fingerprint density at radius 3 is 2.15 bits per heavy atom. The molecule has 0 radical (unpaired) electrons. The molecule has 3 atom stereocenters. The van der Waals surface area contributed by atoms with Crippen molar-refractivity contribution in [3.05, 3.63) is 18.0 Å². The first-order valence-corrected chi connectivity index (χ1v) is 9.05. The molecular formula is C18H24F2N4O2. The molecular weight excluding hydrogens is 342 g/mol. The van der Waals surface area contributed by atoms with Gasteiger partial charge in [0.25, 0.3) is 5.92 Å². The Labute approximate surface area is 151 Å². The second-order valence-corrected chi connectivity index (χ2v) is 8.64. The van der Waals surface area contributed by atoms with Gasteiger partial charge in [-0.05, 0) is 26.3 Å². The van der Waals surface area contributed by atoms with Crippen LogP contribution in [0.5, 0.6) is 0 Å². The number of aromatic nitrogens is 2. The predicted octanol–water partition coefficient (Wildman–Crippen LogP) is 2.90. The summed E-state index contributed by atoms with van der Waals surface area (Å²) < 4.78 is 31.7. The van der Waals surface area contributed by atoms with Crippen LogP contribution in [0.1, 0.15) is 38.7 Å². The Morgan fingerprint density at radius 2 is 1.69 bits per heavy atom. The van der Waals surface area contributed by atoms with Gasteiger partial charge < -0.3 is 14.5 Å². The molecule has 26 heavy (non-hydrogen) atoms. The van der Waals surface area contributed by atoms with Gasteiger partial charge in [0.05, 0.1) is 5.92 Å². The zero-order valence-corrected chi connectivity index (χ0v) is 15.3. The molecule has 3 fully saturated rings. The van der Waals surface area contributed by atoms with E-state index in [1.165, 1.54) is 12.4 Å². The molecule has 3 unspecified atom stereocenters. The normalized spacial score (nSPS) is 29.7. The molecule has 1 aromatic rings. The second-order valence-electron chi connectivity index (χ2n) is 8.64. The Kier molecular flexibility index (Phi) is 3.86. The number of carbonyl (C=O) groups excluding carboxylic acids is 1. The van der Waals surface area contributed by atoms with Gasteiger partial charge in [-0.25, -0.2) is 23.5 Å². The van der Waals surface area contributed by atoms with Crippen LogP contribution in [0.2, 0.25) is 0 Å². The summed E-state index contributed by atoms with van der Waals surface area (Å²) in [4.78, 5) is 24.6. The number of alkyl halides is 2. The number of nitrogens with zero attached hydrogens (tertiary/aromatic N) is 4. The fourth-order valence-corrected chi connectivity index (χ4v) is 3.88. The highest BCUT2D eigenvalue weighted by molar-refractivity contribution is 5.68. The van der Waals surface area contributed by atoms with Gasteiger partial charge in [0.15, 0.2) is 0 Å². The lowest BCUT2D eigenvalue weighted by Crippen LogP contribution is -2.37. The molecule has 3 heterocycles. The van der Waals surface area contributed by atoms with E-state index in [9.17, 15) is 13.6 Å². The van der Waals surface area contributed by atoms with Crippen LogP contribution in [0.15, 0.2) is 12.4 Å². The third-order valence-electron chi connectivity index (χ3n) is 5.31. The first-order valence-electron chi connectivity index (χ1n) is 9.05. The van der Waals surface area contributed by atoms with E-state index in [-0.39, 0.29) is 12.5 Å². The zero-order valence-electron chi connectivity index (χ0n) is 15.3. The van der Waals surface area contributed by atoms with Gasteiger partial charge in [0.2, 0.25) is 5.95 Å². The van der Waals surface area contributed by atoms with Crippen molar-refractivity contribution in [3.8, 4) is 0 Å². The van der Waals surface area contributed by atoms with E-state index in [1.807, 2.05) is 20.8 Å². The summed E-state index contributed by atoms with van der Waals surface area (Å²) in [6, 6.07) is 0. The molecule has 8 heteroatoms. The summed E-state index contributed by atoms with van der Waals surface area (Å²) in [7, 11) is 0. The largest absolute Gasteiger partial charge is 0.444 e. The highest BCUT2D eigenvalue weighted by atomic mass is 19.3. The van der Waals surface area contributed by atoms with Gasteiger partial charge in [-0.15, -0.1) is 0 Å². The highest BCUT2D eigenvalue weighted by Gasteiger charge is 2.58. The van der Waals surface area contributed by atoms with Crippen LogP contribution in [-0.2, 0) is 4.74 Å². The number of amides is 1. The third-order valence-corrected chi connectivity index (χ3v) is 5.31. The second kappa shape index (κ2) is 5.76. The van der Waals surface area contributed by atoms with E-state index >= 15 is 0 Å². The molecule has 0 aromatic carbocycles. The third kappa shape index (κ3) is 3.33. The van der Waals surface area contributed by atoms with Crippen LogP contribution in [0.4, 0.5) is 19.5 Å². The van der Waals surface area contributed by atoms with E-state index in [0.29, 0.717) is 36.4 Å². The van der Waals surface area contributed by atoms with Gasteiger partial charge in [0, 0.05) is 56.8 Å². The predicted molar refractivity (Wildman–Crippen MR) is 91.3 cm³/mol. The Morgan fingerprint density at radius 1 is 1.15 bits per heavy atom. The summed E-state index contributed by atoms with van der Waals surface area (Å²) in [6.45, 7) is 8.46. The molecule has 0 N–H and O–H groups in total. The number of fused-ring (bicyclic) bond motifs is 1. The van der Waals surface area contributed by atoms with Crippen LogP contribution >= 0.6 is 0 Å². The standard InChI is InChI=1S/C18H24F2N4O2/c1-17(2,3)26-16(25)24-9-12-7-23(8-13(12)10-24)15-21-5-11(6-22-15)14-4-18(14,19)20/h5-6,12-14H,4,7-10H2,1-3H3. The van der Waals surface area contributed by atoms with Crippen molar-refractivity contribution >= 4 is 12.0 Å². The van der Waals surface area contributed by atoms with Gasteiger partial charge >= 0.3 is 6.09 Å². The number of likely N-dealkylation sites (tertiary alicyclic amines) is 1. The molecule has 6 nitrogen and oxygen atoms in total. The number of ether oxygens (including phenoxy) is 1. The van der Waals surface area contributed by atoms with Crippen molar-refractivity contribution in [1.82, 2.24) is 14.9 Å². The average molecular weight is 366 g/mol. The Bertz CT molecular complexity index is 690. The van der Waals surface area contributed by atoms with Crippen molar-refractivity contribution < 1.29 is 18.3 Å². The Balaban J connectivity index is 1.34. The van der Waals surface area contributed by atoms with Crippen LogP contribution in [0, 0.1) is 11.8 Å². The summed E-state index contributed by atoms with van der Waals surface area (Å²) in [5, 5.41) is 0. The monoisotopic (exact) mass is 366 g/mol. The van der Waals surface area contributed by atoms with E-state index < -0.39 is 17.4 Å². The minimum atomic E-state index is -2.60. The lowest BCUT2D eigenvalue weighted by molar-refractivity contribution is 0.0282. The molecule has 0 bridgehead atoms. The summed E-state index contributed by atoms with van der Waals surface area (Å²) in [5.41, 5.74) is 0.0173. The Hall–Kier alpha value is -1.99. The molecule has 1 amide bonds. The first-order chi connectivity index (χ1) is 12.1. The van der Waals surface area contributed by atoms with Gasteiger partial charge in [-0.1, -0.05) is 0 Å². The summed E-state index contributed by atoms with van der Waals surface area (Å²) in [6.07, 6.45) is 2.68. The number of hydrogen-bond donors (Lipinski definition) is 0. The van der Waals surface area contributed by atoms with Crippen molar-refractivity contribution in [2.75, 3.05) is 31.1 Å². The topological polar surface area (TPSA) is 58.6 Å². The van der Waals surface area contributed by atoms with E-state index in [4.69, 9.17) is 4.74 Å². The lowest BCUT2D eigenvalue weighted by Gasteiger charge is -2.26. The van der Waals surface area contributed by atoms with Crippen molar-refractivity contribution in [3.63, 3.8) is 0 Å². The van der Waals surface area contributed by atoms with E-state index in [0.717, 1.165) is 13.1 Å². The number of hydrogen-bond acceptors (Lipinski definition) is 5. The fraction of sp³-hybridized carbons (Fsp3) is 0.722. The molecule has 1 aromatic heterocycles. The number of rotatable bonds is 2. The molecule has 1 saturated carbocycles. The maximum Gasteiger partial charge on any atom is 0.410 e. The quantitative estimate of drug-likeness (QED) is 0.806. The van der Waals surface area contributed by atoms with Gasteiger partial charge in [-0.3, -0.25) is 0 Å². The minimum absolute atomic E-state index is 0.107. The number of carbonyl (C=O) groups is 1. The van der Waals surface area contributed by atoms with Crippen LogP contribution in [-0.4, -0.2) is 58.7 Å². The zero-order chi connectivity index (χ0) is 18.7. The first kappa shape index (κ1) is 17.4. The van der Waals surface area contributed by atoms with Crippen molar-refractivity contribution in [2.24, 2.45) is 11.8 Å². The molecule has 3 aliphatic rings. The van der Waals surface area contributed by atoms with Crippen LogP contribution in [0.25, 0.3) is 0 Å². The van der Waals surface area contributed by atoms with E-state index in [1.54, 1.807) is 4.90 Å². The smallest absolute Gasteiger partial charge is 0.410 e. The lowest BCUT2D eigenvalue weighted by atomic mass is 10.0. The minimum Gasteiger partial charge on any atom is -0.444 e. The maximum absolute atomic E-state index is 13.1. The summed E-state index contributed by atoms with van der Waals surface area (Å²) >= 11 is 0. The van der Waals surface area contributed by atoms with Crippen LogP contribution < -0.4 is 4.90 Å². The molecule has 142 valence electrons. The van der Waals surface area contributed by atoms with Crippen molar-refractivity contribution in [1.29, 1.82) is 0 Å². The average Bonchev–Trinajstić information content (AvgIpc) is 2.87. The van der Waals surface area contributed by atoms with Crippen LogP contribution in [0.3, 0.4) is 0 Å². The van der Waals surface area contributed by atoms with E-state index in [2.05, 4.69) is 14.9 Å². The molecule has 4 rings (SSSR count). The molecule has 0 spiro atoms.